The first kappa shape index (κ1) is 22.0. The third-order valence-electron chi connectivity index (χ3n) is 5.46. The number of carbonyl (C=O) groups is 2. The Bertz CT molecular complexity index is 789. The van der Waals surface area contributed by atoms with Crippen molar-refractivity contribution in [2.75, 3.05) is 46.3 Å². The quantitative estimate of drug-likeness (QED) is 0.665. The molecular weight excluding hydrogens is 376 g/mol. The summed E-state index contributed by atoms with van der Waals surface area (Å²) in [6.07, 6.45) is 0.602. The lowest BCUT2D eigenvalue weighted by atomic mass is 10.1. The average Bonchev–Trinajstić information content (AvgIpc) is 2.76. The van der Waals surface area contributed by atoms with E-state index < -0.39 is 0 Å². The highest BCUT2D eigenvalue weighted by Gasteiger charge is 2.21. The van der Waals surface area contributed by atoms with Crippen LogP contribution in [-0.4, -0.2) is 67.9 Å². The molecule has 0 aliphatic carbocycles. The molecule has 2 aromatic carbocycles. The van der Waals surface area contributed by atoms with Crippen LogP contribution in [0.5, 0.6) is 0 Å². The van der Waals surface area contributed by atoms with Gasteiger partial charge in [0, 0.05) is 45.7 Å². The fraction of sp³-hybridized carbons (Fsp3) is 0.417. The molecule has 1 atom stereocenters. The second-order valence-corrected chi connectivity index (χ2v) is 7.90. The fourth-order valence-electron chi connectivity index (χ4n) is 3.63. The Hall–Kier alpha value is -2.70. The molecule has 1 heterocycles. The number of benzene rings is 2. The van der Waals surface area contributed by atoms with Gasteiger partial charge in [0.25, 0.3) is 0 Å². The second kappa shape index (κ2) is 11.5. The molecule has 0 radical (unpaired) electrons. The number of hydrogen-bond donors (Lipinski definition) is 2. The third kappa shape index (κ3) is 7.28. The molecule has 0 spiro atoms. The molecule has 1 aliphatic rings. The summed E-state index contributed by atoms with van der Waals surface area (Å²) in [5, 5.41) is 6.02. The van der Waals surface area contributed by atoms with Gasteiger partial charge in [0.1, 0.15) is 0 Å². The Kier molecular flexibility index (Phi) is 8.41. The average molecular weight is 409 g/mol. The first-order valence-electron chi connectivity index (χ1n) is 10.7. The van der Waals surface area contributed by atoms with E-state index in [9.17, 15) is 9.59 Å². The lowest BCUT2D eigenvalue weighted by Crippen LogP contribution is -2.48. The first-order chi connectivity index (χ1) is 14.6. The van der Waals surface area contributed by atoms with Crippen LogP contribution in [0, 0.1) is 0 Å². The van der Waals surface area contributed by atoms with E-state index in [2.05, 4.69) is 39.6 Å². The largest absolute Gasteiger partial charge is 0.355 e. The SMILES string of the molecule is CN1CCN(CC(NC(=O)CCNC(=O)Cc2ccccc2)c2ccccc2)CC1. The minimum atomic E-state index is -0.0638. The minimum Gasteiger partial charge on any atom is -0.355 e. The molecule has 0 saturated carbocycles. The zero-order valence-electron chi connectivity index (χ0n) is 17.7. The van der Waals surface area contributed by atoms with Crippen LogP contribution in [0.2, 0.25) is 0 Å². The van der Waals surface area contributed by atoms with Crippen molar-refractivity contribution >= 4 is 11.8 Å². The summed E-state index contributed by atoms with van der Waals surface area (Å²) in [4.78, 5) is 29.4. The number of rotatable bonds is 9. The molecule has 160 valence electrons. The zero-order valence-corrected chi connectivity index (χ0v) is 17.7. The highest BCUT2D eigenvalue weighted by molar-refractivity contribution is 5.80. The summed E-state index contributed by atoms with van der Waals surface area (Å²) in [6, 6.07) is 19.7. The molecule has 6 nitrogen and oxygen atoms in total. The summed E-state index contributed by atoms with van der Waals surface area (Å²) in [7, 11) is 2.14. The summed E-state index contributed by atoms with van der Waals surface area (Å²) in [5.41, 5.74) is 2.08. The van der Waals surface area contributed by atoms with Crippen molar-refractivity contribution in [3.8, 4) is 0 Å². The standard InChI is InChI=1S/C24H32N4O2/c1-27-14-16-28(17-15-27)19-22(21-10-6-3-7-11-21)26-23(29)12-13-25-24(30)18-20-8-4-2-5-9-20/h2-11,22H,12-19H2,1H3,(H,25,30)(H,26,29). The van der Waals surface area contributed by atoms with Crippen LogP contribution in [0.4, 0.5) is 0 Å². The lowest BCUT2D eigenvalue weighted by molar-refractivity contribution is -0.122. The molecule has 1 unspecified atom stereocenters. The molecule has 1 saturated heterocycles. The number of nitrogens with one attached hydrogen (secondary N) is 2. The minimum absolute atomic E-state index is 0.0435. The predicted octanol–water partition coefficient (Wildman–Crippen LogP) is 1.84. The van der Waals surface area contributed by atoms with Crippen LogP contribution in [-0.2, 0) is 16.0 Å². The Morgan fingerprint density at radius 2 is 1.53 bits per heavy atom. The highest BCUT2D eigenvalue weighted by atomic mass is 16.2. The topological polar surface area (TPSA) is 64.7 Å². The molecule has 30 heavy (non-hydrogen) atoms. The van der Waals surface area contributed by atoms with Crippen LogP contribution in [0.25, 0.3) is 0 Å². The summed E-state index contributed by atoms with van der Waals surface area (Å²) in [6.45, 7) is 5.24. The molecule has 1 aliphatic heterocycles. The summed E-state index contributed by atoms with van der Waals surface area (Å²) >= 11 is 0. The van der Waals surface area contributed by atoms with E-state index in [0.29, 0.717) is 13.0 Å². The Labute approximate surface area is 179 Å². The van der Waals surface area contributed by atoms with Crippen LogP contribution in [0.3, 0.4) is 0 Å². The van der Waals surface area contributed by atoms with Gasteiger partial charge in [-0.05, 0) is 18.2 Å². The number of carbonyl (C=O) groups excluding carboxylic acids is 2. The van der Waals surface area contributed by atoms with Crippen molar-refractivity contribution in [2.45, 2.75) is 18.9 Å². The fourth-order valence-corrected chi connectivity index (χ4v) is 3.63. The maximum absolute atomic E-state index is 12.6. The smallest absolute Gasteiger partial charge is 0.224 e. The van der Waals surface area contributed by atoms with E-state index in [1.165, 1.54) is 0 Å². The van der Waals surface area contributed by atoms with Gasteiger partial charge in [-0.2, -0.15) is 0 Å². The van der Waals surface area contributed by atoms with Crippen LogP contribution < -0.4 is 10.6 Å². The summed E-state index contributed by atoms with van der Waals surface area (Å²) in [5.74, 6) is -0.107. The number of piperazine rings is 1. The molecular formula is C24H32N4O2. The van der Waals surface area contributed by atoms with Gasteiger partial charge < -0.3 is 15.5 Å². The Morgan fingerprint density at radius 1 is 0.900 bits per heavy atom. The normalized spacial score (nSPS) is 16.0. The van der Waals surface area contributed by atoms with E-state index in [1.54, 1.807) is 0 Å². The molecule has 3 rings (SSSR count). The van der Waals surface area contributed by atoms with Gasteiger partial charge in [-0.1, -0.05) is 60.7 Å². The van der Waals surface area contributed by atoms with Crippen molar-refractivity contribution in [3.63, 3.8) is 0 Å². The number of hydrogen-bond acceptors (Lipinski definition) is 4. The zero-order chi connectivity index (χ0) is 21.2. The van der Waals surface area contributed by atoms with E-state index >= 15 is 0 Å². The van der Waals surface area contributed by atoms with Gasteiger partial charge in [0.15, 0.2) is 0 Å². The first-order valence-corrected chi connectivity index (χ1v) is 10.7. The van der Waals surface area contributed by atoms with Crippen molar-refractivity contribution in [1.82, 2.24) is 20.4 Å². The maximum atomic E-state index is 12.6. The monoisotopic (exact) mass is 408 g/mol. The number of nitrogens with zero attached hydrogens (tertiary/aromatic N) is 2. The molecule has 6 heteroatoms. The lowest BCUT2D eigenvalue weighted by Gasteiger charge is -2.35. The highest BCUT2D eigenvalue weighted by Crippen LogP contribution is 2.15. The van der Waals surface area contributed by atoms with Crippen LogP contribution >= 0.6 is 0 Å². The summed E-state index contributed by atoms with van der Waals surface area (Å²) < 4.78 is 0. The van der Waals surface area contributed by atoms with E-state index in [-0.39, 0.29) is 24.3 Å². The second-order valence-electron chi connectivity index (χ2n) is 7.90. The third-order valence-corrected chi connectivity index (χ3v) is 5.46. The van der Waals surface area contributed by atoms with Crippen molar-refractivity contribution < 1.29 is 9.59 Å². The van der Waals surface area contributed by atoms with Gasteiger partial charge in [-0.3, -0.25) is 14.5 Å². The van der Waals surface area contributed by atoms with Gasteiger partial charge >= 0.3 is 0 Å². The molecule has 0 aromatic heterocycles. The Morgan fingerprint density at radius 3 is 2.20 bits per heavy atom. The molecule has 2 aromatic rings. The molecule has 2 amide bonds. The van der Waals surface area contributed by atoms with Crippen molar-refractivity contribution in [1.29, 1.82) is 0 Å². The van der Waals surface area contributed by atoms with Crippen molar-refractivity contribution in [3.05, 3.63) is 71.8 Å². The number of amides is 2. The van der Waals surface area contributed by atoms with Gasteiger partial charge in [-0.15, -0.1) is 0 Å². The van der Waals surface area contributed by atoms with E-state index in [1.807, 2.05) is 48.5 Å². The molecule has 1 fully saturated rings. The predicted molar refractivity (Wildman–Crippen MR) is 119 cm³/mol. The Balaban J connectivity index is 1.47. The molecule has 2 N–H and O–H groups in total. The van der Waals surface area contributed by atoms with Gasteiger partial charge in [0.2, 0.25) is 11.8 Å². The maximum Gasteiger partial charge on any atom is 0.224 e. The van der Waals surface area contributed by atoms with E-state index in [4.69, 9.17) is 0 Å². The van der Waals surface area contributed by atoms with Gasteiger partial charge in [0.05, 0.1) is 12.5 Å². The van der Waals surface area contributed by atoms with Crippen LogP contribution in [0.15, 0.2) is 60.7 Å². The van der Waals surface area contributed by atoms with E-state index in [0.717, 1.165) is 43.9 Å². The molecule has 0 bridgehead atoms. The van der Waals surface area contributed by atoms with Crippen molar-refractivity contribution in [2.24, 2.45) is 0 Å². The number of likely N-dealkylation sites (N-methyl/N-ethyl adjacent to an activating group) is 1. The van der Waals surface area contributed by atoms with Gasteiger partial charge in [-0.25, -0.2) is 0 Å². The van der Waals surface area contributed by atoms with Crippen LogP contribution in [0.1, 0.15) is 23.6 Å².